The molecule has 0 fully saturated rings. The number of anilines is 1. The fourth-order valence-electron chi connectivity index (χ4n) is 0.768. The van der Waals surface area contributed by atoms with Gasteiger partial charge in [0.25, 0.3) is 0 Å². The minimum absolute atomic E-state index is 0.0434. The first kappa shape index (κ1) is 11.5. The highest BCUT2D eigenvalue weighted by atomic mass is 127. The maximum absolute atomic E-state index is 11.0. The van der Waals surface area contributed by atoms with E-state index in [2.05, 4.69) is 59.8 Å². The summed E-state index contributed by atoms with van der Waals surface area (Å²) in [6.07, 6.45) is 0. The monoisotopic (exact) mass is 417 g/mol. The van der Waals surface area contributed by atoms with Crippen molar-refractivity contribution in [3.8, 4) is 0 Å². The fourth-order valence-corrected chi connectivity index (χ4v) is 1.67. The highest BCUT2D eigenvalue weighted by molar-refractivity contribution is 14.1. The molecule has 5 heteroatoms. The van der Waals surface area contributed by atoms with Gasteiger partial charge in [-0.2, -0.15) is 0 Å². The quantitative estimate of drug-likeness (QED) is 0.579. The van der Waals surface area contributed by atoms with Gasteiger partial charge in [-0.1, -0.05) is 15.9 Å². The van der Waals surface area contributed by atoms with Crippen LogP contribution < -0.4 is 5.32 Å². The number of carbonyl (C=O) groups is 1. The average molecular weight is 419 g/mol. The normalized spacial score (nSPS) is 9.77. The van der Waals surface area contributed by atoms with Crippen LogP contribution in [0.25, 0.3) is 0 Å². The van der Waals surface area contributed by atoms with Gasteiger partial charge in [-0.3, -0.25) is 4.79 Å². The van der Waals surface area contributed by atoms with E-state index in [1.807, 2.05) is 18.2 Å². The number of carbonyl (C=O) groups excluding carboxylic acids is 1. The van der Waals surface area contributed by atoms with E-state index in [0.717, 1.165) is 13.7 Å². The molecule has 0 aliphatic carbocycles. The molecule has 0 unspecified atom stereocenters. The molecule has 0 heterocycles. The van der Waals surface area contributed by atoms with Gasteiger partial charge in [0.2, 0.25) is 5.91 Å². The molecule has 1 aromatic rings. The highest BCUT2D eigenvalue weighted by Crippen LogP contribution is 2.22. The molecule has 13 heavy (non-hydrogen) atoms. The van der Waals surface area contributed by atoms with Crippen LogP contribution in [0.2, 0.25) is 0 Å². The Morgan fingerprint density at radius 1 is 1.54 bits per heavy atom. The van der Waals surface area contributed by atoms with Crippen LogP contribution in [0.1, 0.15) is 0 Å². The van der Waals surface area contributed by atoms with E-state index in [4.69, 9.17) is 0 Å². The van der Waals surface area contributed by atoms with E-state index in [1.165, 1.54) is 0 Å². The highest BCUT2D eigenvalue weighted by Gasteiger charge is 2.01. The van der Waals surface area contributed by atoms with Crippen LogP contribution in [0.4, 0.5) is 5.69 Å². The molecule has 0 saturated heterocycles. The van der Waals surface area contributed by atoms with Crippen LogP contribution in [-0.2, 0) is 4.79 Å². The van der Waals surface area contributed by atoms with Gasteiger partial charge in [0.15, 0.2) is 0 Å². The van der Waals surface area contributed by atoms with E-state index in [0.29, 0.717) is 5.33 Å². The second kappa shape index (κ2) is 5.31. The van der Waals surface area contributed by atoms with E-state index < -0.39 is 0 Å². The van der Waals surface area contributed by atoms with E-state index in [-0.39, 0.29) is 5.91 Å². The summed E-state index contributed by atoms with van der Waals surface area (Å²) in [4.78, 5) is 11.0. The van der Waals surface area contributed by atoms with Crippen LogP contribution in [0, 0.1) is 3.57 Å². The summed E-state index contributed by atoms with van der Waals surface area (Å²) in [5.74, 6) is -0.0434. The smallest absolute Gasteiger partial charge is 0.235 e. The molecular weight excluding hydrogens is 413 g/mol. The molecule has 1 aromatic carbocycles. The number of hydrogen-bond donors (Lipinski definition) is 1. The van der Waals surface area contributed by atoms with Crippen molar-refractivity contribution in [3.05, 3.63) is 26.2 Å². The molecule has 0 saturated carbocycles. The average Bonchev–Trinajstić information content (AvgIpc) is 2.11. The Hall–Kier alpha value is 0.380. The van der Waals surface area contributed by atoms with Gasteiger partial charge in [0, 0.05) is 13.7 Å². The second-order valence-electron chi connectivity index (χ2n) is 2.31. The summed E-state index contributed by atoms with van der Waals surface area (Å²) < 4.78 is 2.11. The number of rotatable bonds is 2. The molecule has 70 valence electrons. The first-order valence-electron chi connectivity index (χ1n) is 3.44. The van der Waals surface area contributed by atoms with Gasteiger partial charge in [-0.05, 0) is 56.7 Å². The first-order valence-corrected chi connectivity index (χ1v) is 6.43. The Morgan fingerprint density at radius 2 is 2.23 bits per heavy atom. The Labute approximate surface area is 107 Å². The maximum Gasteiger partial charge on any atom is 0.235 e. The lowest BCUT2D eigenvalue weighted by Crippen LogP contribution is -2.12. The van der Waals surface area contributed by atoms with Gasteiger partial charge in [-0.15, -0.1) is 0 Å². The van der Waals surface area contributed by atoms with Gasteiger partial charge in [0.1, 0.15) is 0 Å². The second-order valence-corrected chi connectivity index (χ2v) is 4.89. The number of amides is 1. The van der Waals surface area contributed by atoms with E-state index >= 15 is 0 Å². The molecule has 1 N–H and O–H groups in total. The summed E-state index contributed by atoms with van der Waals surface area (Å²) >= 11 is 8.66. The summed E-state index contributed by atoms with van der Waals surface area (Å²) in [6.45, 7) is 0. The molecule has 0 radical (unpaired) electrons. The molecule has 0 aromatic heterocycles. The molecule has 0 aliphatic heterocycles. The third-order valence-corrected chi connectivity index (χ3v) is 4.16. The Kier molecular flexibility index (Phi) is 4.68. The Bertz CT molecular complexity index is 330. The SMILES string of the molecule is O=C(CBr)Nc1ccc(Br)c(I)c1. The van der Waals surface area contributed by atoms with E-state index in [9.17, 15) is 4.79 Å². The van der Waals surface area contributed by atoms with Crippen molar-refractivity contribution in [1.29, 1.82) is 0 Å². The Balaban J connectivity index is 2.79. The summed E-state index contributed by atoms with van der Waals surface area (Å²) in [6, 6.07) is 5.67. The van der Waals surface area contributed by atoms with Crippen molar-refractivity contribution in [3.63, 3.8) is 0 Å². The van der Waals surface area contributed by atoms with Crippen LogP contribution in [0.3, 0.4) is 0 Å². The standard InChI is InChI=1S/C8H6Br2INO/c9-4-8(13)12-5-1-2-6(10)7(11)3-5/h1-3H,4H2,(H,12,13). The predicted octanol–water partition coefficient (Wildman–Crippen LogP) is 3.39. The van der Waals surface area contributed by atoms with Crippen molar-refractivity contribution in [2.45, 2.75) is 0 Å². The molecule has 1 rings (SSSR count). The molecular formula is C8H6Br2INO. The number of hydrogen-bond acceptors (Lipinski definition) is 1. The first-order chi connectivity index (χ1) is 6.13. The number of alkyl halides is 1. The molecule has 0 aliphatic rings. The van der Waals surface area contributed by atoms with Crippen LogP contribution in [-0.4, -0.2) is 11.2 Å². The van der Waals surface area contributed by atoms with E-state index in [1.54, 1.807) is 0 Å². The van der Waals surface area contributed by atoms with Crippen LogP contribution >= 0.6 is 54.5 Å². The third kappa shape index (κ3) is 3.55. The maximum atomic E-state index is 11.0. The number of benzene rings is 1. The van der Waals surface area contributed by atoms with Crippen molar-refractivity contribution in [2.24, 2.45) is 0 Å². The lowest BCUT2D eigenvalue weighted by molar-refractivity contribution is -0.113. The van der Waals surface area contributed by atoms with Gasteiger partial charge < -0.3 is 5.32 Å². The minimum Gasteiger partial charge on any atom is -0.325 e. The summed E-state index contributed by atoms with van der Waals surface area (Å²) in [5, 5.41) is 3.07. The molecule has 1 amide bonds. The van der Waals surface area contributed by atoms with Crippen molar-refractivity contribution in [2.75, 3.05) is 10.6 Å². The summed E-state index contributed by atoms with van der Waals surface area (Å²) in [7, 11) is 0. The van der Waals surface area contributed by atoms with Gasteiger partial charge >= 0.3 is 0 Å². The predicted molar refractivity (Wildman–Crippen MR) is 69.3 cm³/mol. The topological polar surface area (TPSA) is 29.1 Å². The zero-order valence-electron chi connectivity index (χ0n) is 6.48. The van der Waals surface area contributed by atoms with Crippen LogP contribution in [0.15, 0.2) is 22.7 Å². The van der Waals surface area contributed by atoms with Gasteiger partial charge in [-0.25, -0.2) is 0 Å². The summed E-state index contributed by atoms with van der Waals surface area (Å²) in [5.41, 5.74) is 0.817. The van der Waals surface area contributed by atoms with Gasteiger partial charge in [0.05, 0.1) is 5.33 Å². The number of nitrogens with one attached hydrogen (secondary N) is 1. The Morgan fingerprint density at radius 3 is 2.77 bits per heavy atom. The van der Waals surface area contributed by atoms with Crippen LogP contribution in [0.5, 0.6) is 0 Å². The largest absolute Gasteiger partial charge is 0.325 e. The van der Waals surface area contributed by atoms with Crippen molar-refractivity contribution >= 4 is 66.0 Å². The molecule has 0 bridgehead atoms. The lowest BCUT2D eigenvalue weighted by atomic mass is 10.3. The third-order valence-electron chi connectivity index (χ3n) is 1.32. The molecule has 0 spiro atoms. The zero-order valence-corrected chi connectivity index (χ0v) is 11.8. The molecule has 0 atom stereocenters. The lowest BCUT2D eigenvalue weighted by Gasteiger charge is -2.04. The number of halogens is 3. The minimum atomic E-state index is -0.0434. The molecule has 2 nitrogen and oxygen atoms in total. The van der Waals surface area contributed by atoms with Crippen molar-refractivity contribution < 1.29 is 4.79 Å². The zero-order chi connectivity index (χ0) is 9.84. The van der Waals surface area contributed by atoms with Crippen molar-refractivity contribution in [1.82, 2.24) is 0 Å². The fraction of sp³-hybridized carbons (Fsp3) is 0.125.